The van der Waals surface area contributed by atoms with E-state index < -0.39 is 0 Å². The van der Waals surface area contributed by atoms with Crippen molar-refractivity contribution in [3.05, 3.63) is 29.1 Å². The van der Waals surface area contributed by atoms with Crippen LogP contribution < -0.4 is 0 Å². The van der Waals surface area contributed by atoms with Gasteiger partial charge in [-0.1, -0.05) is 0 Å². The van der Waals surface area contributed by atoms with E-state index in [-0.39, 0.29) is 0 Å². The molecule has 0 amide bonds. The normalized spacial score (nSPS) is 10.9. The Morgan fingerprint density at radius 3 is 2.58 bits per heavy atom. The lowest BCUT2D eigenvalue weighted by Gasteiger charge is -1.97. The van der Waals surface area contributed by atoms with Gasteiger partial charge in [0.2, 0.25) is 0 Å². The maximum atomic E-state index is 4.30. The zero-order chi connectivity index (χ0) is 8.72. The summed E-state index contributed by atoms with van der Waals surface area (Å²) in [6, 6.07) is 4.13. The number of fused-ring (bicyclic) bond motifs is 1. The third kappa shape index (κ3) is 0.978. The van der Waals surface area contributed by atoms with Gasteiger partial charge in [-0.05, 0) is 38.5 Å². The van der Waals surface area contributed by atoms with Crippen LogP contribution >= 0.6 is 0 Å². The molecule has 0 bridgehead atoms. The maximum Gasteiger partial charge on any atom is 0.0878 e. The molecule has 2 heterocycles. The second kappa shape index (κ2) is 2.30. The smallest absolute Gasteiger partial charge is 0.0878 e. The van der Waals surface area contributed by atoms with E-state index >= 15 is 0 Å². The van der Waals surface area contributed by atoms with Crippen LogP contribution in [0.2, 0.25) is 0 Å². The van der Waals surface area contributed by atoms with Gasteiger partial charge in [0.15, 0.2) is 0 Å². The van der Waals surface area contributed by atoms with Gasteiger partial charge in [-0.2, -0.15) is 14.8 Å². The Bertz CT molecular complexity index is 390. The lowest BCUT2D eigenvalue weighted by atomic mass is 10.2. The SMILES string of the molecule is Cc1cc2cc(C)c(C)nn2n1. The first-order valence-corrected chi connectivity index (χ1v) is 3.98. The fourth-order valence-corrected chi connectivity index (χ4v) is 1.23. The standard InChI is InChI=1S/C9H11N3/c1-6-4-9-5-7(2)10-12(9)11-8(6)3/h4-5H,1-3H3. The first-order chi connectivity index (χ1) is 5.66. The van der Waals surface area contributed by atoms with Crippen molar-refractivity contribution in [3.8, 4) is 0 Å². The first-order valence-electron chi connectivity index (χ1n) is 3.98. The molecule has 0 N–H and O–H groups in total. The Balaban J connectivity index is 2.83. The summed E-state index contributed by atoms with van der Waals surface area (Å²) in [4.78, 5) is 0. The Hall–Kier alpha value is -1.38. The molecule has 2 aromatic rings. The van der Waals surface area contributed by atoms with Gasteiger partial charge >= 0.3 is 0 Å². The van der Waals surface area contributed by atoms with Gasteiger partial charge in [-0.3, -0.25) is 0 Å². The number of hydrogen-bond donors (Lipinski definition) is 0. The van der Waals surface area contributed by atoms with Crippen LogP contribution in [0.15, 0.2) is 12.1 Å². The number of hydrogen-bond acceptors (Lipinski definition) is 2. The van der Waals surface area contributed by atoms with E-state index in [0.717, 1.165) is 16.9 Å². The van der Waals surface area contributed by atoms with Crippen LogP contribution in [0.5, 0.6) is 0 Å². The molecule has 0 aliphatic rings. The predicted octanol–water partition coefficient (Wildman–Crippen LogP) is 1.65. The van der Waals surface area contributed by atoms with Crippen molar-refractivity contribution in [2.75, 3.05) is 0 Å². The molecule has 2 rings (SSSR count). The van der Waals surface area contributed by atoms with Crippen molar-refractivity contribution in [1.82, 2.24) is 14.8 Å². The van der Waals surface area contributed by atoms with E-state index in [1.54, 1.807) is 4.63 Å². The summed E-state index contributed by atoms with van der Waals surface area (Å²) in [5.41, 5.74) is 4.32. The van der Waals surface area contributed by atoms with Crippen molar-refractivity contribution >= 4 is 5.52 Å². The van der Waals surface area contributed by atoms with Crippen LogP contribution in [0.1, 0.15) is 17.0 Å². The highest BCUT2D eigenvalue weighted by molar-refractivity contribution is 5.48. The molecular formula is C9H11N3. The highest BCUT2D eigenvalue weighted by Gasteiger charge is 2.00. The Morgan fingerprint density at radius 1 is 1.08 bits per heavy atom. The summed E-state index contributed by atoms with van der Waals surface area (Å²) < 4.78 is 1.68. The van der Waals surface area contributed by atoms with Crippen molar-refractivity contribution in [2.24, 2.45) is 0 Å². The molecule has 0 unspecified atom stereocenters. The fourth-order valence-electron chi connectivity index (χ4n) is 1.23. The van der Waals surface area contributed by atoms with E-state index in [1.807, 2.05) is 19.9 Å². The molecule has 0 aromatic carbocycles. The molecule has 2 aromatic heterocycles. The molecule has 0 fully saturated rings. The van der Waals surface area contributed by atoms with E-state index in [0.29, 0.717) is 0 Å². The largest absolute Gasteiger partial charge is 0.155 e. The van der Waals surface area contributed by atoms with E-state index in [4.69, 9.17) is 0 Å². The summed E-state index contributed by atoms with van der Waals surface area (Å²) in [7, 11) is 0. The number of rotatable bonds is 0. The quantitative estimate of drug-likeness (QED) is 0.588. The van der Waals surface area contributed by atoms with Gasteiger partial charge in [0.25, 0.3) is 0 Å². The van der Waals surface area contributed by atoms with Gasteiger partial charge in [0.05, 0.1) is 16.9 Å². The maximum absolute atomic E-state index is 4.30. The number of aromatic nitrogens is 3. The molecule has 3 heteroatoms. The summed E-state index contributed by atoms with van der Waals surface area (Å²) in [6.45, 7) is 6.02. The van der Waals surface area contributed by atoms with Crippen LogP contribution in [0, 0.1) is 20.8 Å². The number of nitrogens with zero attached hydrogens (tertiary/aromatic N) is 3. The van der Waals surface area contributed by atoms with E-state index in [2.05, 4.69) is 23.2 Å². The fraction of sp³-hybridized carbons (Fsp3) is 0.333. The molecule has 0 saturated carbocycles. The third-order valence-corrected chi connectivity index (χ3v) is 2.02. The molecule has 0 aliphatic carbocycles. The second-order valence-electron chi connectivity index (χ2n) is 3.11. The third-order valence-electron chi connectivity index (χ3n) is 2.02. The van der Waals surface area contributed by atoms with Gasteiger partial charge in [0, 0.05) is 0 Å². The van der Waals surface area contributed by atoms with E-state index in [9.17, 15) is 0 Å². The van der Waals surface area contributed by atoms with Crippen LogP contribution in [0.25, 0.3) is 5.52 Å². The minimum absolute atomic E-state index is 1.01. The summed E-state index contributed by atoms with van der Waals surface area (Å²) in [5.74, 6) is 0. The molecule has 0 aliphatic heterocycles. The molecule has 12 heavy (non-hydrogen) atoms. The second-order valence-corrected chi connectivity index (χ2v) is 3.11. The highest BCUT2D eigenvalue weighted by atomic mass is 15.4. The zero-order valence-electron chi connectivity index (χ0n) is 7.50. The lowest BCUT2D eigenvalue weighted by Crippen LogP contribution is -1.97. The highest BCUT2D eigenvalue weighted by Crippen LogP contribution is 2.08. The van der Waals surface area contributed by atoms with Gasteiger partial charge in [-0.15, -0.1) is 0 Å². The minimum atomic E-state index is 1.01. The molecule has 0 saturated heterocycles. The lowest BCUT2D eigenvalue weighted by molar-refractivity contribution is 0.765. The van der Waals surface area contributed by atoms with Gasteiger partial charge < -0.3 is 0 Å². The van der Waals surface area contributed by atoms with Crippen LogP contribution in [0.4, 0.5) is 0 Å². The molecule has 0 spiro atoms. The Labute approximate surface area is 71.0 Å². The Morgan fingerprint density at radius 2 is 1.83 bits per heavy atom. The zero-order valence-corrected chi connectivity index (χ0v) is 7.50. The summed E-state index contributed by atoms with van der Waals surface area (Å²) in [5, 5.41) is 8.52. The van der Waals surface area contributed by atoms with Gasteiger partial charge in [0.1, 0.15) is 0 Å². The Kier molecular flexibility index (Phi) is 1.40. The number of aryl methyl sites for hydroxylation is 3. The van der Waals surface area contributed by atoms with Crippen molar-refractivity contribution in [1.29, 1.82) is 0 Å². The minimum Gasteiger partial charge on any atom is -0.155 e. The van der Waals surface area contributed by atoms with Crippen molar-refractivity contribution in [3.63, 3.8) is 0 Å². The molecule has 0 radical (unpaired) electrons. The van der Waals surface area contributed by atoms with Crippen molar-refractivity contribution in [2.45, 2.75) is 20.8 Å². The average Bonchev–Trinajstić information content (AvgIpc) is 2.30. The van der Waals surface area contributed by atoms with Crippen LogP contribution in [-0.4, -0.2) is 14.8 Å². The van der Waals surface area contributed by atoms with Gasteiger partial charge in [-0.25, -0.2) is 0 Å². The van der Waals surface area contributed by atoms with Crippen LogP contribution in [-0.2, 0) is 0 Å². The van der Waals surface area contributed by atoms with Crippen molar-refractivity contribution < 1.29 is 0 Å². The summed E-state index contributed by atoms with van der Waals surface area (Å²) >= 11 is 0. The molecule has 62 valence electrons. The molecule has 3 nitrogen and oxygen atoms in total. The predicted molar refractivity (Wildman–Crippen MR) is 47.2 cm³/mol. The molecular weight excluding hydrogens is 150 g/mol. The van der Waals surface area contributed by atoms with Crippen LogP contribution in [0.3, 0.4) is 0 Å². The van der Waals surface area contributed by atoms with E-state index in [1.165, 1.54) is 5.56 Å². The average molecular weight is 161 g/mol. The first kappa shape index (κ1) is 7.28. The topological polar surface area (TPSA) is 30.2 Å². The monoisotopic (exact) mass is 161 g/mol. The molecule has 0 atom stereocenters. The summed E-state index contributed by atoms with van der Waals surface area (Å²) in [6.07, 6.45) is 0.